The van der Waals surface area contributed by atoms with Gasteiger partial charge in [-0.1, -0.05) is 6.07 Å². The molecule has 11 heteroatoms. The molecular weight excluding hydrogens is 408 g/mol. The SMILES string of the molecule is C=N/C(=C\C=NC)C(=O)N1CCCC[C@@H]1COc1cccc2c1C(N)=NS(=O)(=O)N2. The first kappa shape index (κ1) is 21.5. The summed E-state index contributed by atoms with van der Waals surface area (Å²) in [5, 5.41) is 0. The van der Waals surface area contributed by atoms with Gasteiger partial charge in [-0.25, -0.2) is 0 Å². The number of likely N-dealkylation sites (tertiary alicyclic amines) is 1. The molecule has 3 N–H and O–H groups in total. The smallest absolute Gasteiger partial charge is 0.344 e. The van der Waals surface area contributed by atoms with E-state index in [1.165, 1.54) is 12.3 Å². The van der Waals surface area contributed by atoms with E-state index in [1.54, 1.807) is 30.1 Å². The molecule has 3 rings (SSSR count). The van der Waals surface area contributed by atoms with E-state index in [-0.39, 0.29) is 30.1 Å². The van der Waals surface area contributed by atoms with Crippen LogP contribution in [0.4, 0.5) is 5.69 Å². The van der Waals surface area contributed by atoms with Crippen molar-refractivity contribution in [2.45, 2.75) is 25.3 Å². The number of allylic oxidation sites excluding steroid dienone is 1. The summed E-state index contributed by atoms with van der Waals surface area (Å²) in [5.74, 6) is 0.0165. The van der Waals surface area contributed by atoms with Gasteiger partial charge in [-0.3, -0.25) is 19.5 Å². The van der Waals surface area contributed by atoms with Gasteiger partial charge in [-0.05, 0) is 44.2 Å². The van der Waals surface area contributed by atoms with Crippen LogP contribution in [0, 0.1) is 0 Å². The maximum absolute atomic E-state index is 12.9. The second-order valence-corrected chi connectivity index (χ2v) is 8.15. The minimum atomic E-state index is -3.87. The topological polar surface area (TPSA) is 139 Å². The van der Waals surface area contributed by atoms with Crippen LogP contribution in [0.15, 0.2) is 44.4 Å². The average molecular weight is 433 g/mol. The van der Waals surface area contributed by atoms with Crippen LogP contribution in [-0.4, -0.2) is 64.2 Å². The van der Waals surface area contributed by atoms with E-state index in [2.05, 4.69) is 25.8 Å². The Kier molecular flexibility index (Phi) is 6.50. The summed E-state index contributed by atoms with van der Waals surface area (Å²) < 4.78 is 35.3. The van der Waals surface area contributed by atoms with Crippen molar-refractivity contribution < 1.29 is 17.9 Å². The van der Waals surface area contributed by atoms with Gasteiger partial charge in [-0.2, -0.15) is 8.42 Å². The number of hydrogen-bond donors (Lipinski definition) is 2. The second-order valence-electron chi connectivity index (χ2n) is 6.81. The molecule has 2 aliphatic rings. The third kappa shape index (κ3) is 4.67. The number of ether oxygens (including phenoxy) is 1. The molecule has 1 saturated heterocycles. The van der Waals surface area contributed by atoms with Gasteiger partial charge < -0.3 is 15.4 Å². The molecule has 2 aliphatic heterocycles. The Balaban J connectivity index is 1.80. The number of rotatable bonds is 6. The number of benzene rings is 1. The fourth-order valence-corrected chi connectivity index (χ4v) is 4.29. The molecule has 0 radical (unpaired) electrons. The number of carbonyl (C=O) groups is 1. The number of carbonyl (C=O) groups excluding carboxylic acids is 1. The minimum absolute atomic E-state index is 0.143. The summed E-state index contributed by atoms with van der Waals surface area (Å²) in [5.41, 5.74) is 6.76. The monoisotopic (exact) mass is 432 g/mol. The van der Waals surface area contributed by atoms with Crippen molar-refractivity contribution in [3.05, 3.63) is 35.5 Å². The van der Waals surface area contributed by atoms with E-state index < -0.39 is 10.2 Å². The van der Waals surface area contributed by atoms with Crippen LogP contribution in [0.3, 0.4) is 0 Å². The number of anilines is 1. The fraction of sp³-hybridized carbons (Fsp3) is 0.368. The van der Waals surface area contributed by atoms with Crippen molar-refractivity contribution in [1.82, 2.24) is 4.90 Å². The molecule has 10 nitrogen and oxygen atoms in total. The molecule has 160 valence electrons. The van der Waals surface area contributed by atoms with Gasteiger partial charge in [-0.15, -0.1) is 4.40 Å². The summed E-state index contributed by atoms with van der Waals surface area (Å²) >= 11 is 0. The lowest BCUT2D eigenvalue weighted by molar-refractivity contribution is -0.131. The summed E-state index contributed by atoms with van der Waals surface area (Å²) in [4.78, 5) is 22.3. The number of fused-ring (bicyclic) bond motifs is 1. The predicted molar refractivity (Wildman–Crippen MR) is 117 cm³/mol. The molecule has 2 heterocycles. The molecule has 0 saturated carbocycles. The van der Waals surface area contributed by atoms with Crippen molar-refractivity contribution in [3.8, 4) is 5.75 Å². The second kappa shape index (κ2) is 9.08. The van der Waals surface area contributed by atoms with E-state index in [1.807, 2.05) is 0 Å². The lowest BCUT2D eigenvalue weighted by Crippen LogP contribution is -2.47. The lowest BCUT2D eigenvalue weighted by Gasteiger charge is -2.35. The van der Waals surface area contributed by atoms with E-state index >= 15 is 0 Å². The normalized spacial score (nSPS) is 20.8. The average Bonchev–Trinajstić information content (AvgIpc) is 2.71. The summed E-state index contributed by atoms with van der Waals surface area (Å²) in [6.45, 7) is 4.27. The van der Waals surface area contributed by atoms with Gasteiger partial charge in [0.1, 0.15) is 18.1 Å². The van der Waals surface area contributed by atoms with Crippen LogP contribution in [0.1, 0.15) is 24.8 Å². The summed E-state index contributed by atoms with van der Waals surface area (Å²) in [7, 11) is -2.26. The highest BCUT2D eigenvalue weighted by molar-refractivity contribution is 7.91. The number of aliphatic imine (C=N–C) groups is 2. The van der Waals surface area contributed by atoms with Crippen molar-refractivity contribution in [1.29, 1.82) is 0 Å². The molecule has 0 unspecified atom stereocenters. The first-order chi connectivity index (χ1) is 14.4. The molecule has 1 atom stereocenters. The predicted octanol–water partition coefficient (Wildman–Crippen LogP) is 1.11. The Morgan fingerprint density at radius 3 is 3.00 bits per heavy atom. The number of amides is 1. The quantitative estimate of drug-likeness (QED) is 0.512. The maximum atomic E-state index is 12.9. The van der Waals surface area contributed by atoms with Crippen LogP contribution in [0.2, 0.25) is 0 Å². The minimum Gasteiger partial charge on any atom is -0.491 e. The summed E-state index contributed by atoms with van der Waals surface area (Å²) in [6, 6.07) is 4.75. The molecule has 0 spiro atoms. The fourth-order valence-electron chi connectivity index (χ4n) is 3.45. The number of piperidine rings is 1. The molecule has 1 fully saturated rings. The van der Waals surface area contributed by atoms with Gasteiger partial charge in [0, 0.05) is 19.8 Å². The van der Waals surface area contributed by atoms with E-state index in [9.17, 15) is 13.2 Å². The van der Waals surface area contributed by atoms with Crippen LogP contribution in [0.5, 0.6) is 5.75 Å². The number of amidine groups is 1. The molecular formula is C19H24N6O4S. The first-order valence-electron chi connectivity index (χ1n) is 9.41. The molecule has 0 aromatic heterocycles. The number of nitrogens with two attached hydrogens (primary N) is 1. The van der Waals surface area contributed by atoms with Crippen molar-refractivity contribution >= 4 is 40.6 Å². The Labute approximate surface area is 175 Å². The molecule has 0 aliphatic carbocycles. The van der Waals surface area contributed by atoms with Crippen LogP contribution in [-0.2, 0) is 15.0 Å². The highest BCUT2D eigenvalue weighted by Crippen LogP contribution is 2.31. The molecule has 1 aromatic carbocycles. The van der Waals surface area contributed by atoms with Gasteiger partial charge >= 0.3 is 10.2 Å². The third-order valence-corrected chi connectivity index (χ3v) is 5.74. The van der Waals surface area contributed by atoms with Crippen LogP contribution < -0.4 is 15.2 Å². The Hall–Kier alpha value is -3.21. The van der Waals surface area contributed by atoms with Crippen LogP contribution in [0.25, 0.3) is 0 Å². The third-order valence-electron chi connectivity index (χ3n) is 4.83. The van der Waals surface area contributed by atoms with Gasteiger partial charge in [0.05, 0.1) is 17.3 Å². The number of hydrogen-bond acceptors (Lipinski definition) is 7. The number of nitrogens with zero attached hydrogens (tertiary/aromatic N) is 4. The molecule has 1 amide bonds. The molecule has 30 heavy (non-hydrogen) atoms. The Morgan fingerprint density at radius 2 is 2.27 bits per heavy atom. The Morgan fingerprint density at radius 1 is 1.47 bits per heavy atom. The van der Waals surface area contributed by atoms with E-state index in [4.69, 9.17) is 10.5 Å². The van der Waals surface area contributed by atoms with Gasteiger partial charge in [0.25, 0.3) is 5.91 Å². The molecule has 1 aromatic rings. The van der Waals surface area contributed by atoms with Gasteiger partial charge in [0.2, 0.25) is 0 Å². The zero-order valence-electron chi connectivity index (χ0n) is 16.6. The molecule has 0 bridgehead atoms. The Bertz CT molecular complexity index is 1030. The van der Waals surface area contributed by atoms with Crippen molar-refractivity contribution in [2.24, 2.45) is 20.1 Å². The largest absolute Gasteiger partial charge is 0.491 e. The van der Waals surface area contributed by atoms with E-state index in [0.29, 0.717) is 23.5 Å². The highest BCUT2D eigenvalue weighted by atomic mass is 32.2. The van der Waals surface area contributed by atoms with Crippen LogP contribution >= 0.6 is 0 Å². The summed E-state index contributed by atoms with van der Waals surface area (Å²) in [6.07, 6.45) is 5.64. The number of nitrogens with one attached hydrogen (secondary N) is 1. The zero-order valence-corrected chi connectivity index (χ0v) is 17.4. The lowest BCUT2D eigenvalue weighted by atomic mass is 10.0. The van der Waals surface area contributed by atoms with Crippen molar-refractivity contribution in [2.75, 3.05) is 24.9 Å². The van der Waals surface area contributed by atoms with Gasteiger partial charge in [0.15, 0.2) is 5.84 Å². The van der Waals surface area contributed by atoms with Crippen molar-refractivity contribution in [3.63, 3.8) is 0 Å². The van der Waals surface area contributed by atoms with E-state index in [0.717, 1.165) is 19.3 Å². The maximum Gasteiger partial charge on any atom is 0.344 e. The highest BCUT2D eigenvalue weighted by Gasteiger charge is 2.30. The zero-order chi connectivity index (χ0) is 21.7. The standard InChI is InChI=1S/C19H24N6O4S/c1-21-10-9-15(22-2)19(26)25-11-4-3-6-13(25)12-29-16-8-5-7-14-17(16)18(20)24-30(27,28)23-14/h5,7-10,13,23H,2-4,6,11-12H2,1H3,(H2,20,24)/b15-9-,21-10?/t13-/m1/s1. The first-order valence-corrected chi connectivity index (χ1v) is 10.8.